The third-order valence-corrected chi connectivity index (χ3v) is 6.98. The van der Waals surface area contributed by atoms with Gasteiger partial charge in [-0.25, -0.2) is 9.97 Å². The van der Waals surface area contributed by atoms with Gasteiger partial charge in [-0.2, -0.15) is 4.98 Å². The molecule has 11 nitrogen and oxygen atoms in total. The summed E-state index contributed by atoms with van der Waals surface area (Å²) >= 11 is 0. The minimum absolute atomic E-state index is 0.0296. The zero-order chi connectivity index (χ0) is 32.8. The number of rotatable bonds is 11. The highest BCUT2D eigenvalue weighted by molar-refractivity contribution is 5.97. The van der Waals surface area contributed by atoms with Crippen molar-refractivity contribution < 1.29 is 24.0 Å². The van der Waals surface area contributed by atoms with E-state index in [2.05, 4.69) is 72.3 Å². The molecule has 0 saturated heterocycles. The molecule has 1 unspecified atom stereocenters. The Labute approximate surface area is 262 Å². The zero-order valence-electron chi connectivity index (χ0n) is 26.5. The third-order valence-electron chi connectivity index (χ3n) is 6.98. The number of hydrogen-bond acceptors (Lipinski definition) is 8. The highest BCUT2D eigenvalue weighted by atomic mass is 16.5. The molecule has 1 atom stereocenters. The molecule has 2 amide bonds. The molecule has 0 saturated carbocycles. The van der Waals surface area contributed by atoms with Crippen molar-refractivity contribution in [2.24, 2.45) is 5.41 Å². The van der Waals surface area contributed by atoms with Crippen LogP contribution in [0.25, 0.3) is 22.8 Å². The average molecular weight is 613 g/mol. The van der Waals surface area contributed by atoms with Crippen LogP contribution in [0.3, 0.4) is 0 Å². The molecule has 2 aromatic heterocycles. The van der Waals surface area contributed by atoms with Crippen LogP contribution in [0, 0.1) is 5.41 Å². The number of benzene rings is 2. The van der Waals surface area contributed by atoms with Gasteiger partial charge in [0.25, 0.3) is 11.8 Å². The summed E-state index contributed by atoms with van der Waals surface area (Å²) in [4.78, 5) is 50.5. The van der Waals surface area contributed by atoms with Crippen LogP contribution >= 0.6 is 0 Å². The second-order valence-electron chi connectivity index (χ2n) is 13.2. The van der Waals surface area contributed by atoms with Crippen molar-refractivity contribution in [2.45, 2.75) is 72.3 Å². The lowest BCUT2D eigenvalue weighted by Crippen LogP contribution is -2.48. The lowest BCUT2D eigenvalue weighted by atomic mass is 9.86. The average Bonchev–Trinajstić information content (AvgIpc) is 3.43. The van der Waals surface area contributed by atoms with Gasteiger partial charge in [0, 0.05) is 42.9 Å². The molecular formula is C34H40N6O5. The van der Waals surface area contributed by atoms with Gasteiger partial charge in [-0.15, -0.1) is 0 Å². The highest BCUT2D eigenvalue weighted by Gasteiger charge is 2.23. The molecule has 0 radical (unpaired) electrons. The fourth-order valence-electron chi connectivity index (χ4n) is 4.52. The van der Waals surface area contributed by atoms with Crippen molar-refractivity contribution in [1.82, 2.24) is 30.7 Å². The van der Waals surface area contributed by atoms with Crippen LogP contribution < -0.4 is 10.6 Å². The number of carboxylic acid groups (broad SMARTS) is 1. The number of carbonyl (C=O) groups is 3. The second-order valence-corrected chi connectivity index (χ2v) is 13.2. The van der Waals surface area contributed by atoms with Gasteiger partial charge in [-0.3, -0.25) is 14.4 Å². The molecule has 45 heavy (non-hydrogen) atoms. The maximum Gasteiger partial charge on any atom is 0.305 e. The Morgan fingerprint density at radius 3 is 2.11 bits per heavy atom. The van der Waals surface area contributed by atoms with Gasteiger partial charge in [0.05, 0.1) is 12.0 Å². The number of aromatic nitrogens is 4. The largest absolute Gasteiger partial charge is 0.481 e. The number of carboxylic acids is 1. The lowest BCUT2D eigenvalue weighted by molar-refractivity contribution is -0.137. The predicted octanol–water partition coefficient (Wildman–Crippen LogP) is 5.01. The van der Waals surface area contributed by atoms with E-state index in [0.717, 1.165) is 16.7 Å². The van der Waals surface area contributed by atoms with Crippen molar-refractivity contribution in [1.29, 1.82) is 0 Å². The molecule has 0 fully saturated rings. The van der Waals surface area contributed by atoms with Crippen LogP contribution in [-0.2, 0) is 27.8 Å². The number of nitrogens with one attached hydrogen (secondary N) is 2. The molecule has 0 spiro atoms. The SMILES string of the molecule is CC(C)(C)Cc1noc(-c2cnc(-c3ccc(CC(NC(=O)c4ccc(C(C)(C)C)cc4)C(=O)NCCC(=O)O)cc3)nc2)n1. The molecule has 236 valence electrons. The van der Waals surface area contributed by atoms with E-state index in [1.54, 1.807) is 24.5 Å². The molecule has 0 aliphatic rings. The topological polar surface area (TPSA) is 160 Å². The highest BCUT2D eigenvalue weighted by Crippen LogP contribution is 2.24. The number of aliphatic carboxylic acids is 1. The van der Waals surface area contributed by atoms with E-state index in [-0.39, 0.29) is 30.2 Å². The van der Waals surface area contributed by atoms with Crippen LogP contribution in [0.1, 0.15) is 75.3 Å². The Kier molecular flexibility index (Phi) is 10.1. The minimum Gasteiger partial charge on any atom is -0.481 e. The summed E-state index contributed by atoms with van der Waals surface area (Å²) in [6.45, 7) is 12.5. The van der Waals surface area contributed by atoms with Crippen LogP contribution in [0.15, 0.2) is 65.4 Å². The standard InChI is InChI=1S/C34H40N6O5/c1-33(2,3)18-27-39-32(45-40-27)24-19-36-29(37-20-24)22-9-7-21(8-10-22)17-26(31(44)35-16-15-28(41)42)38-30(43)23-11-13-25(14-12-23)34(4,5)6/h7-14,19-20,26H,15-18H2,1-6H3,(H,35,44)(H,38,43)(H,41,42). The smallest absolute Gasteiger partial charge is 0.305 e. The van der Waals surface area contributed by atoms with Crippen molar-refractivity contribution in [3.63, 3.8) is 0 Å². The molecular weight excluding hydrogens is 572 g/mol. The van der Waals surface area contributed by atoms with Crippen molar-refractivity contribution in [2.75, 3.05) is 6.54 Å². The Balaban J connectivity index is 1.45. The van der Waals surface area contributed by atoms with Crippen LogP contribution in [0.4, 0.5) is 0 Å². The van der Waals surface area contributed by atoms with Gasteiger partial charge in [0.15, 0.2) is 11.6 Å². The Hall–Kier alpha value is -4.93. The van der Waals surface area contributed by atoms with Gasteiger partial charge in [0.1, 0.15) is 6.04 Å². The first-order valence-electron chi connectivity index (χ1n) is 14.8. The molecule has 2 heterocycles. The first kappa shape index (κ1) is 33.0. The summed E-state index contributed by atoms with van der Waals surface area (Å²) in [7, 11) is 0. The van der Waals surface area contributed by atoms with Crippen LogP contribution in [0.2, 0.25) is 0 Å². The summed E-state index contributed by atoms with van der Waals surface area (Å²) in [5.41, 5.74) is 3.63. The molecule has 0 aliphatic carbocycles. The monoisotopic (exact) mass is 612 g/mol. The zero-order valence-corrected chi connectivity index (χ0v) is 26.5. The van der Waals surface area contributed by atoms with Gasteiger partial charge in [-0.1, -0.05) is 83.1 Å². The maximum atomic E-state index is 13.1. The van der Waals surface area contributed by atoms with Crippen LogP contribution in [0.5, 0.6) is 0 Å². The minimum atomic E-state index is -1.02. The molecule has 0 bridgehead atoms. The first-order chi connectivity index (χ1) is 21.2. The van der Waals surface area contributed by atoms with Gasteiger partial charge < -0.3 is 20.3 Å². The van der Waals surface area contributed by atoms with Gasteiger partial charge in [-0.05, 0) is 34.1 Å². The van der Waals surface area contributed by atoms with Crippen molar-refractivity contribution >= 4 is 17.8 Å². The fraction of sp³-hybridized carbons (Fsp3) is 0.382. The third kappa shape index (κ3) is 9.53. The van der Waals surface area contributed by atoms with E-state index in [0.29, 0.717) is 35.1 Å². The van der Waals surface area contributed by atoms with E-state index in [1.807, 2.05) is 36.4 Å². The summed E-state index contributed by atoms with van der Waals surface area (Å²) in [6, 6.07) is 13.7. The molecule has 2 aromatic carbocycles. The summed E-state index contributed by atoms with van der Waals surface area (Å²) in [6.07, 6.45) is 3.91. The van der Waals surface area contributed by atoms with E-state index >= 15 is 0 Å². The van der Waals surface area contributed by atoms with E-state index < -0.39 is 23.8 Å². The lowest BCUT2D eigenvalue weighted by Gasteiger charge is -2.20. The second kappa shape index (κ2) is 13.8. The van der Waals surface area contributed by atoms with Gasteiger partial charge >= 0.3 is 5.97 Å². The summed E-state index contributed by atoms with van der Waals surface area (Å²) in [5.74, 6) is -0.411. The summed E-state index contributed by atoms with van der Waals surface area (Å²) < 4.78 is 5.39. The van der Waals surface area contributed by atoms with Gasteiger partial charge in [0.2, 0.25) is 5.91 Å². The fourth-order valence-corrected chi connectivity index (χ4v) is 4.52. The Bertz CT molecular complexity index is 1620. The number of nitrogens with zero attached hydrogens (tertiary/aromatic N) is 4. The van der Waals surface area contributed by atoms with Crippen molar-refractivity contribution in [3.05, 3.63) is 83.4 Å². The van der Waals surface area contributed by atoms with Crippen LogP contribution in [-0.4, -0.2) is 55.6 Å². The molecule has 0 aliphatic heterocycles. The normalized spacial score (nSPS) is 12.4. The maximum absolute atomic E-state index is 13.1. The molecule has 11 heteroatoms. The first-order valence-corrected chi connectivity index (χ1v) is 14.8. The quantitative estimate of drug-likeness (QED) is 0.211. The van der Waals surface area contributed by atoms with E-state index in [9.17, 15) is 14.4 Å². The Morgan fingerprint density at radius 1 is 0.889 bits per heavy atom. The number of amides is 2. The predicted molar refractivity (Wildman–Crippen MR) is 169 cm³/mol. The van der Waals surface area contributed by atoms with Crippen molar-refractivity contribution in [3.8, 4) is 22.8 Å². The number of hydrogen-bond donors (Lipinski definition) is 3. The summed E-state index contributed by atoms with van der Waals surface area (Å²) in [5, 5.41) is 18.4. The Morgan fingerprint density at radius 2 is 1.53 bits per heavy atom. The molecule has 4 rings (SSSR count). The van der Waals surface area contributed by atoms with E-state index in [1.165, 1.54) is 0 Å². The molecule has 3 N–H and O–H groups in total. The number of carbonyl (C=O) groups excluding carboxylic acids is 2. The molecule has 4 aromatic rings. The van der Waals surface area contributed by atoms with E-state index in [4.69, 9.17) is 9.63 Å².